The molecule has 4 rings (SSSR count). The van der Waals surface area contributed by atoms with Gasteiger partial charge in [0.05, 0.1) is 0 Å². The smallest absolute Gasteiger partial charge is 0.507 e. The van der Waals surface area contributed by atoms with Crippen LogP contribution in [0.2, 0.25) is 0 Å². The molecule has 12 N–H and O–H groups in total. The van der Waals surface area contributed by atoms with Crippen molar-refractivity contribution in [2.45, 2.75) is 134 Å². The third kappa shape index (κ3) is 39.1. The summed E-state index contributed by atoms with van der Waals surface area (Å²) >= 11 is 0. The van der Waals surface area contributed by atoms with E-state index in [4.69, 9.17) is 40.9 Å². The van der Waals surface area contributed by atoms with Gasteiger partial charge in [-0.1, -0.05) is 70.8 Å². The Bertz CT molecular complexity index is 1750. The molecule has 0 saturated heterocycles. The Kier molecular flexibility index (Phi) is 48.1. The minimum atomic E-state index is -1.17. The zero-order chi connectivity index (χ0) is 53.2. The first-order valence-electron chi connectivity index (χ1n) is 22.6. The van der Waals surface area contributed by atoms with E-state index < -0.39 is 25.2 Å². The van der Waals surface area contributed by atoms with Crippen molar-refractivity contribution in [3.05, 3.63) is 115 Å². The van der Waals surface area contributed by atoms with Crippen LogP contribution in [0.1, 0.15) is 94.5 Å². The second kappa shape index (κ2) is 42.8. The fourth-order valence-corrected chi connectivity index (χ4v) is 6.84. The van der Waals surface area contributed by atoms with Gasteiger partial charge in [0.25, 0.3) is 0 Å². The van der Waals surface area contributed by atoms with E-state index in [0.717, 1.165) is 96.9 Å². The van der Waals surface area contributed by atoms with Gasteiger partial charge in [-0.25, -0.2) is 0 Å². The molecule has 72 heavy (non-hydrogen) atoms. The predicted molar refractivity (Wildman–Crippen MR) is 271 cm³/mol. The van der Waals surface area contributed by atoms with Crippen molar-refractivity contribution >= 4 is 0 Å². The number of aliphatic hydroxyl groups excluding tert-OH is 4. The zero-order valence-corrected chi connectivity index (χ0v) is 49.0. The largest absolute Gasteiger partial charge is 2.00 e. The molecule has 0 spiro atoms. The molecule has 0 atom stereocenters. The second-order valence-corrected chi connectivity index (χ2v) is 17.8. The summed E-state index contributed by atoms with van der Waals surface area (Å²) < 4.78 is 0. The summed E-state index contributed by atoms with van der Waals surface area (Å²) in [5, 5.41) is 102. The van der Waals surface area contributed by atoms with Crippen LogP contribution in [0.25, 0.3) is 0 Å². The summed E-state index contributed by atoms with van der Waals surface area (Å²) in [6.07, 6.45) is -4.67. The Morgan fingerprint density at radius 1 is 0.319 bits per heavy atom. The normalized spacial score (nSPS) is 10.3. The average molecular weight is 1200 g/mol. The molecule has 0 heterocycles. The van der Waals surface area contributed by atoms with Crippen molar-refractivity contribution < 1.29 is 127 Å². The van der Waals surface area contributed by atoms with E-state index in [1.165, 1.54) is 49.9 Å². The maximum atomic E-state index is 10.3. The van der Waals surface area contributed by atoms with Crippen LogP contribution in [0.3, 0.4) is 0 Å². The Morgan fingerprint density at radius 3 is 0.569 bits per heavy atom. The van der Waals surface area contributed by atoms with Crippen molar-refractivity contribution in [1.82, 2.24) is 19.6 Å². The quantitative estimate of drug-likeness (QED) is 0.0583. The van der Waals surface area contributed by atoms with E-state index in [0.29, 0.717) is 23.0 Å². The van der Waals surface area contributed by atoms with Crippen LogP contribution in [0.15, 0.2) is 48.5 Å². The number of benzene rings is 4. The molecule has 0 aliphatic rings. The second-order valence-electron chi connectivity index (χ2n) is 17.8. The molecule has 4 aromatic rings. The summed E-state index contributed by atoms with van der Waals surface area (Å²) in [7, 11) is 8.27. The number of phenolic OH excluding ortho intramolecular Hbond substituents is 4. The van der Waals surface area contributed by atoms with Crippen molar-refractivity contribution in [3.63, 3.8) is 0 Å². The SMILES string of the molecule is CC(O)O.CC(O)O.CC(O)O.CC(O)O.Cc1cc(C)c(O)c(CN(C)CCN(C)Cc2cc(C)cc(C)c2O)c1.Cc1cc(C)c(O)c(CN(C)CCN(C)Cc2cc(C)cc(C)c2O)c1.[Ni+2].[Ni+2].[Ni].[Ni]. The monoisotopic (exact) mass is 1190 g/mol. The number of aryl methyl sites for hydroxylation is 8. The molecule has 0 aromatic heterocycles. The molecule has 0 saturated carbocycles. The van der Waals surface area contributed by atoms with Gasteiger partial charge in [0.15, 0.2) is 0 Å². The minimum Gasteiger partial charge on any atom is -0.507 e. The molecule has 4 aromatic carbocycles. The van der Waals surface area contributed by atoms with Gasteiger partial charge in [0, 0.05) is 108 Å². The first kappa shape index (κ1) is 80.9. The molecular weight excluding hydrogens is 1110 g/mol. The predicted octanol–water partition coefficient (Wildman–Crippen LogP) is 5.05. The maximum absolute atomic E-state index is 10.3. The number of hydrogen-bond donors (Lipinski definition) is 12. The number of hydrogen-bond acceptors (Lipinski definition) is 16. The average Bonchev–Trinajstić information content (AvgIpc) is 3.17. The van der Waals surface area contributed by atoms with Crippen LogP contribution in [-0.4, -0.2) is 160 Å². The number of phenols is 4. The molecule has 20 heteroatoms. The van der Waals surface area contributed by atoms with Crippen molar-refractivity contribution in [2.75, 3.05) is 54.4 Å². The summed E-state index contributed by atoms with van der Waals surface area (Å²) in [4.78, 5) is 8.86. The number of rotatable bonds is 14. The summed E-state index contributed by atoms with van der Waals surface area (Å²) in [5.74, 6) is 1.60. The van der Waals surface area contributed by atoms with E-state index in [2.05, 4.69) is 99.8 Å². The third-order valence-corrected chi connectivity index (χ3v) is 9.58. The molecule has 0 amide bonds. The molecule has 16 nitrogen and oxygen atoms in total. The van der Waals surface area contributed by atoms with Crippen molar-refractivity contribution in [1.29, 1.82) is 0 Å². The number of aliphatic hydroxyl groups is 8. The Hall–Kier alpha value is -2.43. The van der Waals surface area contributed by atoms with Gasteiger partial charge < -0.3 is 80.9 Å². The standard InChI is InChI=1S/2C22H32N2O2.4C2H6O2.4Ni/c2*1-15-9-17(3)21(25)19(11-15)13-23(5)7-8-24(6)14-20-12-16(2)10-18(4)22(20)26;4*1-2(3)4;;;;/h2*9-12,25-26H,7-8,13-14H2,1-6H3;4*2-4H,1H3;;;;/q;;;;;;;;2*+2. The van der Waals surface area contributed by atoms with Crippen LogP contribution in [0.5, 0.6) is 23.0 Å². The van der Waals surface area contributed by atoms with E-state index in [1.807, 2.05) is 52.0 Å². The van der Waals surface area contributed by atoms with Crippen LogP contribution in [-0.2, 0) is 92.1 Å². The first-order valence-corrected chi connectivity index (χ1v) is 22.6. The Balaban J connectivity index is -0.000000223. The van der Waals surface area contributed by atoms with Gasteiger partial charge in [0.2, 0.25) is 0 Å². The van der Waals surface area contributed by atoms with Gasteiger partial charge in [-0.05, 0) is 134 Å². The number of aromatic hydroxyl groups is 4. The molecule has 0 radical (unpaired) electrons. The molecule has 0 bridgehead atoms. The van der Waals surface area contributed by atoms with Crippen LogP contribution in [0.4, 0.5) is 0 Å². The van der Waals surface area contributed by atoms with Gasteiger partial charge in [0.1, 0.15) is 48.2 Å². The molecule has 0 unspecified atom stereocenters. The topological polar surface area (TPSA) is 256 Å². The molecular formula is C52H88N4Ni4O12+4. The number of nitrogens with zero attached hydrogens (tertiary/aromatic N) is 4. The Labute approximate surface area is 471 Å². The fourth-order valence-electron chi connectivity index (χ4n) is 6.84. The van der Waals surface area contributed by atoms with E-state index in [-0.39, 0.29) is 66.0 Å². The van der Waals surface area contributed by atoms with Crippen molar-refractivity contribution in [2.24, 2.45) is 0 Å². The van der Waals surface area contributed by atoms with Crippen LogP contribution >= 0.6 is 0 Å². The van der Waals surface area contributed by atoms with Crippen molar-refractivity contribution in [3.8, 4) is 23.0 Å². The zero-order valence-electron chi connectivity index (χ0n) is 45.0. The summed E-state index contributed by atoms with van der Waals surface area (Å²) in [6, 6.07) is 16.2. The van der Waals surface area contributed by atoms with E-state index in [1.54, 1.807) is 0 Å². The summed E-state index contributed by atoms with van der Waals surface area (Å²) in [5.41, 5.74) is 12.3. The fraction of sp³-hybridized carbons (Fsp3) is 0.538. The van der Waals surface area contributed by atoms with Gasteiger partial charge in [-0.3, -0.25) is 0 Å². The van der Waals surface area contributed by atoms with Gasteiger partial charge in [-0.15, -0.1) is 0 Å². The molecule has 0 aliphatic carbocycles. The van der Waals surface area contributed by atoms with Crippen LogP contribution in [0, 0.1) is 55.4 Å². The van der Waals surface area contributed by atoms with Gasteiger partial charge in [-0.2, -0.15) is 0 Å². The molecule has 424 valence electrons. The first-order chi connectivity index (χ1) is 31.3. The summed E-state index contributed by atoms with van der Waals surface area (Å²) in [6.45, 7) is 27.5. The molecule has 0 aliphatic heterocycles. The number of likely N-dealkylation sites (N-methyl/N-ethyl adjacent to an activating group) is 4. The minimum absolute atomic E-state index is 0. The van der Waals surface area contributed by atoms with Crippen LogP contribution < -0.4 is 0 Å². The third-order valence-electron chi connectivity index (χ3n) is 9.58. The molecule has 0 fully saturated rings. The van der Waals surface area contributed by atoms with E-state index in [9.17, 15) is 20.4 Å². The van der Waals surface area contributed by atoms with E-state index >= 15 is 0 Å². The van der Waals surface area contributed by atoms with Gasteiger partial charge >= 0.3 is 33.0 Å². The Morgan fingerprint density at radius 2 is 0.444 bits per heavy atom. The maximum Gasteiger partial charge on any atom is 2.00 e.